The Labute approximate surface area is 119 Å². The van der Waals surface area contributed by atoms with Crippen molar-refractivity contribution < 1.29 is 61.9 Å². The van der Waals surface area contributed by atoms with Gasteiger partial charge in [-0.1, -0.05) is 12.1 Å². The van der Waals surface area contributed by atoms with Crippen molar-refractivity contribution in [3.63, 3.8) is 0 Å². The summed E-state index contributed by atoms with van der Waals surface area (Å²) in [7, 11) is -4.76. The van der Waals surface area contributed by atoms with E-state index < -0.39 is 27.1 Å². The van der Waals surface area contributed by atoms with Gasteiger partial charge in [-0.3, -0.25) is 4.55 Å². The van der Waals surface area contributed by atoms with Crippen LogP contribution >= 0.6 is 0 Å². The minimum absolute atomic E-state index is 0. The summed E-state index contributed by atoms with van der Waals surface area (Å²) in [5, 5.41) is 0. The smallest absolute Gasteiger partial charge is 1.00 e. The molecule has 0 radical (unpaired) electrons. The maximum atomic E-state index is 11.9. The Morgan fingerprint density at radius 1 is 1.35 bits per heavy atom. The minimum Gasteiger partial charge on any atom is -1.00 e. The van der Waals surface area contributed by atoms with Gasteiger partial charge in [0.05, 0.1) is 0 Å². The molecule has 17 heavy (non-hydrogen) atoms. The molecule has 9 heteroatoms. The zero-order valence-corrected chi connectivity index (χ0v) is 11.8. The molecule has 1 rings (SSSR count). The molecule has 0 saturated carbocycles. The van der Waals surface area contributed by atoms with Crippen LogP contribution in [0.4, 0.5) is 13.2 Å². The van der Waals surface area contributed by atoms with Crippen LogP contribution in [0.1, 0.15) is 6.99 Å². The first kappa shape index (κ1) is 16.7. The maximum absolute atomic E-state index is 11.9. The largest absolute Gasteiger partial charge is 1.00 e. The number of hydrogen-bond donors (Lipinski definition) is 1. The molecule has 0 unspecified atom stereocenters. The summed E-state index contributed by atoms with van der Waals surface area (Å²) >= 11 is 0. The van der Waals surface area contributed by atoms with Crippen LogP contribution in [0.15, 0.2) is 23.1 Å². The van der Waals surface area contributed by atoms with Crippen LogP contribution in [0.25, 0.3) is 0 Å². The van der Waals surface area contributed by atoms with E-state index in [1.807, 2.05) is 0 Å². The summed E-state index contributed by atoms with van der Waals surface area (Å²) in [5.74, 6) is -0.949. The minimum atomic E-state index is -5.02. The van der Waals surface area contributed by atoms with E-state index in [2.05, 4.69) is 4.74 Å². The molecule has 1 N–H and O–H groups in total. The fourth-order valence-corrected chi connectivity index (χ4v) is 2.00. The van der Waals surface area contributed by atoms with Crippen molar-refractivity contribution in [3.8, 4) is 5.75 Å². The Bertz CT molecular complexity index is 504. The normalized spacial score (nSPS) is 11.8. The molecule has 0 aliphatic carbocycles. The Morgan fingerprint density at radius 2 is 1.88 bits per heavy atom. The van der Waals surface area contributed by atoms with E-state index in [0.717, 1.165) is 6.07 Å². The SMILES string of the molecule is Cc1cccc(OC(F)(F)F)c1S(=O)(=O)O.[H-].[Na+]. The van der Waals surface area contributed by atoms with Gasteiger partial charge in [0, 0.05) is 0 Å². The van der Waals surface area contributed by atoms with Crippen LogP contribution in [0.3, 0.4) is 0 Å². The van der Waals surface area contributed by atoms with Crippen LogP contribution in [0, 0.1) is 6.92 Å². The predicted octanol–water partition coefficient (Wildman–Crippen LogP) is -0.743. The average molecular weight is 280 g/mol. The average Bonchev–Trinajstić information content (AvgIpc) is 1.97. The number of halogens is 3. The van der Waals surface area contributed by atoms with E-state index in [9.17, 15) is 21.6 Å². The third kappa shape index (κ3) is 4.84. The monoisotopic (exact) mass is 280 g/mol. The van der Waals surface area contributed by atoms with Crippen molar-refractivity contribution in [1.82, 2.24) is 0 Å². The van der Waals surface area contributed by atoms with Gasteiger partial charge < -0.3 is 6.16 Å². The number of ether oxygens (including phenoxy) is 1. The Morgan fingerprint density at radius 3 is 2.29 bits per heavy atom. The molecule has 0 aromatic heterocycles. The summed E-state index contributed by atoms with van der Waals surface area (Å²) in [4.78, 5) is -0.882. The van der Waals surface area contributed by atoms with Gasteiger partial charge >= 0.3 is 35.9 Å². The van der Waals surface area contributed by atoms with E-state index in [-0.39, 0.29) is 36.5 Å². The molecule has 0 fully saturated rings. The van der Waals surface area contributed by atoms with Crippen molar-refractivity contribution >= 4 is 10.1 Å². The molecule has 1 aromatic rings. The van der Waals surface area contributed by atoms with Gasteiger partial charge in [-0.25, -0.2) is 0 Å². The van der Waals surface area contributed by atoms with Crippen molar-refractivity contribution in [2.75, 3.05) is 0 Å². The standard InChI is InChI=1S/C8H7F3O4S.Na.H/c1-5-3-2-4-6(15-8(9,10)11)7(5)16(12,13)14;;/h2-4H,1H3,(H,12,13,14);;/q;+1;-1. The van der Waals surface area contributed by atoms with E-state index >= 15 is 0 Å². The molecule has 0 amide bonds. The summed E-state index contributed by atoms with van der Waals surface area (Å²) in [5.41, 5.74) is -0.0377. The van der Waals surface area contributed by atoms with Crippen molar-refractivity contribution in [2.45, 2.75) is 18.2 Å². The van der Waals surface area contributed by atoms with E-state index in [0.29, 0.717) is 0 Å². The third-order valence-electron chi connectivity index (χ3n) is 1.66. The molecule has 0 spiro atoms. The summed E-state index contributed by atoms with van der Waals surface area (Å²) in [6, 6.07) is 3.24. The topological polar surface area (TPSA) is 63.6 Å². The predicted molar refractivity (Wildman–Crippen MR) is 48.8 cm³/mol. The number of rotatable bonds is 2. The summed E-state index contributed by atoms with van der Waals surface area (Å²) in [6.07, 6.45) is -5.02. The number of aryl methyl sites for hydroxylation is 1. The first-order valence-electron chi connectivity index (χ1n) is 3.94. The first-order valence-corrected chi connectivity index (χ1v) is 5.38. The summed E-state index contributed by atoms with van der Waals surface area (Å²) < 4.78 is 69.8. The Kier molecular flexibility index (Phi) is 5.48. The van der Waals surface area contributed by atoms with Crippen LogP contribution in [-0.4, -0.2) is 19.3 Å². The van der Waals surface area contributed by atoms with Gasteiger partial charge in [-0.05, 0) is 18.6 Å². The van der Waals surface area contributed by atoms with Gasteiger partial charge in [0.15, 0.2) is 5.75 Å². The second-order valence-electron chi connectivity index (χ2n) is 2.93. The summed E-state index contributed by atoms with van der Waals surface area (Å²) in [6.45, 7) is 1.24. The molecule has 0 atom stereocenters. The number of hydrogen-bond acceptors (Lipinski definition) is 3. The number of benzene rings is 1. The van der Waals surface area contributed by atoms with Crippen molar-refractivity contribution in [2.24, 2.45) is 0 Å². The van der Waals surface area contributed by atoms with Gasteiger partial charge in [0.2, 0.25) is 0 Å². The van der Waals surface area contributed by atoms with Crippen molar-refractivity contribution in [3.05, 3.63) is 23.8 Å². The molecule has 0 aliphatic rings. The van der Waals surface area contributed by atoms with E-state index in [1.54, 1.807) is 0 Å². The molecule has 92 valence electrons. The van der Waals surface area contributed by atoms with Crippen LogP contribution in [0.5, 0.6) is 5.75 Å². The molecule has 0 bridgehead atoms. The quantitative estimate of drug-likeness (QED) is 0.572. The molecule has 0 aliphatic heterocycles. The Hall–Kier alpha value is -0.280. The fraction of sp³-hybridized carbons (Fsp3) is 0.250. The maximum Gasteiger partial charge on any atom is 1.00 e. The second-order valence-corrected chi connectivity index (χ2v) is 4.28. The van der Waals surface area contributed by atoms with Gasteiger partial charge in [-0.2, -0.15) is 8.42 Å². The van der Waals surface area contributed by atoms with Gasteiger partial charge in [0.1, 0.15) is 4.90 Å². The van der Waals surface area contributed by atoms with Crippen LogP contribution < -0.4 is 34.3 Å². The second kappa shape index (κ2) is 5.57. The van der Waals surface area contributed by atoms with Crippen LogP contribution in [-0.2, 0) is 10.1 Å². The van der Waals surface area contributed by atoms with E-state index in [4.69, 9.17) is 4.55 Å². The third-order valence-corrected chi connectivity index (χ3v) is 2.70. The Balaban J connectivity index is 0. The molecule has 0 heterocycles. The number of alkyl halides is 3. The van der Waals surface area contributed by atoms with Gasteiger partial charge in [-0.15, -0.1) is 13.2 Å². The molecule has 1 aromatic carbocycles. The molecule has 4 nitrogen and oxygen atoms in total. The fourth-order valence-electron chi connectivity index (χ4n) is 1.16. The molecule has 0 saturated heterocycles. The molecular weight excluding hydrogens is 272 g/mol. The van der Waals surface area contributed by atoms with Crippen molar-refractivity contribution in [1.29, 1.82) is 0 Å². The van der Waals surface area contributed by atoms with Gasteiger partial charge in [0.25, 0.3) is 10.1 Å². The first-order chi connectivity index (χ1) is 7.11. The molecular formula is C8H8F3NaO4S. The van der Waals surface area contributed by atoms with Crippen LogP contribution in [0.2, 0.25) is 0 Å². The zero-order valence-electron chi connectivity index (χ0n) is 9.95. The zero-order chi connectivity index (χ0) is 12.6. The van der Waals surface area contributed by atoms with E-state index in [1.165, 1.54) is 19.1 Å².